The Balaban J connectivity index is 0.888. The van der Waals surface area contributed by atoms with Gasteiger partial charge in [-0.15, -0.1) is 10.2 Å². The second-order valence-corrected chi connectivity index (χ2v) is 31.3. The molecule has 6 aliphatic rings. The van der Waals surface area contributed by atoms with Gasteiger partial charge in [-0.1, -0.05) is 67.9 Å². The number of piperidine rings is 2. The van der Waals surface area contributed by atoms with Crippen LogP contribution in [0.25, 0.3) is 21.7 Å². The number of carboxylic acid groups (broad SMARTS) is 1. The van der Waals surface area contributed by atoms with E-state index in [1.807, 2.05) is 41.6 Å². The number of carboxylic acids is 1. The molecule has 106 heavy (non-hydrogen) atoms. The number of aliphatic hydroxyl groups excluding tert-OH is 6. The summed E-state index contributed by atoms with van der Waals surface area (Å²) in [7, 11) is -5.27. The number of aliphatic hydroxyl groups is 6. The van der Waals surface area contributed by atoms with E-state index < -0.39 is 199 Å². The summed E-state index contributed by atoms with van der Waals surface area (Å²) in [5.74, 6) is -11.8. The lowest BCUT2D eigenvalue weighted by Crippen LogP contribution is -2.64. The minimum Gasteiger partial charge on any atom is -0.504 e. The van der Waals surface area contributed by atoms with Crippen LogP contribution < -0.4 is 35.3 Å². The molecule has 580 valence electrons. The highest BCUT2D eigenvalue weighted by atomic mass is 32.3. The molecule has 0 radical (unpaired) electrons. The predicted octanol–water partition coefficient (Wildman–Crippen LogP) is 0.0143. The molecule has 10 rings (SSSR count). The van der Waals surface area contributed by atoms with Crippen LogP contribution in [0.3, 0.4) is 0 Å². The minimum atomic E-state index is -5.27. The number of fused-ring (bicyclic) bond motifs is 2. The first-order chi connectivity index (χ1) is 50.2. The Hall–Kier alpha value is -8.53. The number of rotatable bonds is 18. The molecular weight excluding hydrogens is 1430 g/mol. The highest BCUT2D eigenvalue weighted by Crippen LogP contribution is 2.36. The van der Waals surface area contributed by atoms with Gasteiger partial charge in [0.05, 0.1) is 55.3 Å². The Labute approximate surface area is 615 Å². The number of phenolic OH excluding ortho intramolecular Hbond substituents is 1. The van der Waals surface area contributed by atoms with E-state index in [0.29, 0.717) is 48.1 Å². The lowest BCUT2D eigenvalue weighted by molar-refractivity contribution is -0.149. The molecule has 6 fully saturated rings. The van der Waals surface area contributed by atoms with E-state index in [0.717, 1.165) is 95.3 Å². The first kappa shape index (κ1) is 80.0. The van der Waals surface area contributed by atoms with Gasteiger partial charge in [-0.2, -0.15) is 8.42 Å². The van der Waals surface area contributed by atoms with E-state index in [-0.39, 0.29) is 24.1 Å². The summed E-state index contributed by atoms with van der Waals surface area (Å²) in [6.45, 7) is 7.60. The summed E-state index contributed by atoms with van der Waals surface area (Å²) >= 11 is 1.38. The highest BCUT2D eigenvalue weighted by molar-refractivity contribution is 7.81. The van der Waals surface area contributed by atoms with Crippen LogP contribution in [0.15, 0.2) is 54.9 Å². The first-order valence-electron chi connectivity index (χ1n) is 35.7. The fourth-order valence-corrected chi connectivity index (χ4v) is 15.6. The van der Waals surface area contributed by atoms with E-state index >= 15 is 4.79 Å². The molecule has 1 aliphatic carbocycles. The Morgan fingerprint density at radius 2 is 1.34 bits per heavy atom. The maximum Gasteiger partial charge on any atom is 0.446 e. The molecule has 2 aromatic carbocycles. The first-order valence-corrected chi connectivity index (χ1v) is 37.9. The maximum atomic E-state index is 15.3. The van der Waals surface area contributed by atoms with Crippen molar-refractivity contribution >= 4 is 80.3 Å². The topological polar surface area (TPSA) is 496 Å². The lowest BCUT2D eigenvalue weighted by atomic mass is 9.95. The quantitative estimate of drug-likeness (QED) is 0.0584. The normalized spacial score (nSPS) is 26.5. The van der Waals surface area contributed by atoms with Crippen molar-refractivity contribution in [2.24, 2.45) is 11.8 Å². The number of carbonyl (C=O) groups excluding carboxylic acids is 7. The van der Waals surface area contributed by atoms with Crippen LogP contribution in [0.2, 0.25) is 0 Å². The van der Waals surface area contributed by atoms with Crippen LogP contribution in [0.4, 0.5) is 15.9 Å². The Morgan fingerprint density at radius 1 is 0.717 bits per heavy atom. The molecule has 0 bridgehead atoms. The number of carbonyl (C=O) groups is 8. The van der Waals surface area contributed by atoms with Crippen molar-refractivity contribution in [2.75, 3.05) is 62.2 Å². The van der Waals surface area contributed by atoms with Gasteiger partial charge in [0.1, 0.15) is 46.9 Å². The van der Waals surface area contributed by atoms with E-state index in [4.69, 9.17) is 19.4 Å². The second-order valence-electron chi connectivity index (χ2n) is 29.3. The molecule has 13 N–H and O–H groups in total. The fraction of sp³-hybridized carbons (Fsp3) is 0.623. The van der Waals surface area contributed by atoms with Gasteiger partial charge in [0.2, 0.25) is 46.5 Å². The standard InChI is InChI=1S/C69H95N13O22S2/c1-36-33-82-57(58(36)91)62(95)70-32-43(84)27-48(60(93)73-54(37(2)83)64(96)80-35-44(85)28-47(80)59(92)74-55(61(94)75-56(65(82)97)51(88)29-53(89)90)50(87)25-39-11-16-49(86)52(26-39)104-106(99,100)101)81(68(98)103-69(3,4)5)34-38-17-21-79(22-18-38)67-77-76-63(105-67)41-14-12-40(13-15-41)42-30-71-66(72-31-42)78-23-19-46(20-24-78)102-45-9-7-6-8-10-45/h11-16,26,30-31,36-38,43-48,50-51,54-58,83-88,91H,6-10,17-25,27-29,32-35H2,1-5H3,(H,70,95)(H,73,93)(H,74,92)(H,75,94)(H,89,90)(H,99,100,101)/t36-,37+,43+,44+,47-,48-,50+,51+,54-,55-,56-,57-,58-/m0/s1. The number of β-amino-alcohol motifs (C(OH)–C–C–N with tert-alkyl or cyclic N) is 1. The van der Waals surface area contributed by atoms with Gasteiger partial charge in [-0.05, 0) is 95.4 Å². The van der Waals surface area contributed by atoms with E-state index in [1.165, 1.54) is 37.5 Å². The largest absolute Gasteiger partial charge is 0.504 e. The number of benzene rings is 2. The molecule has 37 heteroatoms. The van der Waals surface area contributed by atoms with Gasteiger partial charge in [-0.25, -0.2) is 14.8 Å². The summed E-state index contributed by atoms with van der Waals surface area (Å²) in [6.07, 6.45) is -2.86. The summed E-state index contributed by atoms with van der Waals surface area (Å²) < 4.78 is 49.4. The van der Waals surface area contributed by atoms with E-state index in [2.05, 4.69) is 40.5 Å². The Morgan fingerprint density at radius 3 is 1.98 bits per heavy atom. The number of nitrogens with zero attached hydrogens (tertiary/aromatic N) is 9. The summed E-state index contributed by atoms with van der Waals surface area (Å²) in [4.78, 5) is 132. The Bertz CT molecular complexity index is 3890. The fourth-order valence-electron chi connectivity index (χ4n) is 14.4. The molecule has 5 aliphatic heterocycles. The highest BCUT2D eigenvalue weighted by Gasteiger charge is 2.51. The van der Waals surface area contributed by atoms with Gasteiger partial charge < -0.3 is 95.4 Å². The minimum absolute atomic E-state index is 0.156. The maximum absolute atomic E-state index is 15.3. The number of aromatic nitrogens is 4. The molecule has 7 amide bonds. The lowest BCUT2D eigenvalue weighted by Gasteiger charge is -2.39. The average molecular weight is 1520 g/mol. The molecule has 5 saturated heterocycles. The van der Waals surface area contributed by atoms with Gasteiger partial charge >= 0.3 is 22.5 Å². The zero-order valence-electron chi connectivity index (χ0n) is 59.5. The van der Waals surface area contributed by atoms with Crippen molar-refractivity contribution in [2.45, 2.75) is 209 Å². The number of ether oxygens (including phenoxy) is 2. The number of nitrogens with one attached hydrogen (secondary N) is 4. The zero-order valence-corrected chi connectivity index (χ0v) is 61.1. The van der Waals surface area contributed by atoms with Crippen LogP contribution in [0, 0.1) is 11.8 Å². The predicted molar refractivity (Wildman–Crippen MR) is 377 cm³/mol. The van der Waals surface area contributed by atoms with Crippen LogP contribution >= 0.6 is 11.3 Å². The van der Waals surface area contributed by atoms with Crippen LogP contribution in [0.1, 0.15) is 117 Å². The number of aromatic hydroxyl groups is 1. The van der Waals surface area contributed by atoms with Crippen molar-refractivity contribution in [3.05, 3.63) is 60.4 Å². The average Bonchev–Trinajstić information content (AvgIpc) is 1.60. The van der Waals surface area contributed by atoms with Crippen molar-refractivity contribution in [3.63, 3.8) is 0 Å². The SMILES string of the molecule is C[C@@H](O)[C@@H]1NC(=O)[C@@H](N(CC2CCN(c3nnc(-c4ccc(-c5cnc(N6CCC(OC7CCCCC7)CC6)nc5)cc4)s3)CC2)C(=O)OC(C)(C)C)C[C@@H](O)CNC(=O)[C@@H]2[C@@H](O)[C@@H](C)CN2C(=O)[C@H]([C@H](O)CC(=O)O)NC(=O)[C@H]([C@H](O)Cc2ccc(O)c(OS(=O)(=O)O)c2)NC(=O)[C@@H]2C[C@@H](O)CN2C1=O. The molecule has 7 heterocycles. The third-order valence-electron chi connectivity index (χ3n) is 20.0. The summed E-state index contributed by atoms with van der Waals surface area (Å²) in [6, 6.07) is -1.63. The molecule has 4 aromatic rings. The van der Waals surface area contributed by atoms with Crippen LogP contribution in [0.5, 0.6) is 11.5 Å². The number of aliphatic carboxylic acids is 1. The van der Waals surface area contributed by atoms with Gasteiger partial charge in [0.25, 0.3) is 0 Å². The van der Waals surface area contributed by atoms with Crippen molar-refractivity contribution in [1.29, 1.82) is 0 Å². The Kier molecular flexibility index (Phi) is 26.1. The van der Waals surface area contributed by atoms with Crippen LogP contribution in [-0.4, -0.2) is 279 Å². The van der Waals surface area contributed by atoms with E-state index in [9.17, 15) is 87.4 Å². The number of anilines is 2. The number of amides is 7. The third-order valence-corrected chi connectivity index (χ3v) is 21.4. The molecule has 2 aromatic heterocycles. The van der Waals surface area contributed by atoms with Gasteiger partial charge in [0.15, 0.2) is 11.5 Å². The second kappa shape index (κ2) is 34.6. The van der Waals surface area contributed by atoms with Crippen LogP contribution in [-0.2, 0) is 59.9 Å². The van der Waals surface area contributed by atoms with Crippen molar-refractivity contribution in [1.82, 2.24) is 56.1 Å². The number of hydrogen-bond acceptors (Lipinski definition) is 27. The van der Waals surface area contributed by atoms with Crippen molar-refractivity contribution < 1.29 is 106 Å². The molecule has 0 spiro atoms. The number of phenols is 1. The summed E-state index contributed by atoms with van der Waals surface area (Å²) in [5, 5.41) is 109. The molecule has 13 atom stereocenters. The molecule has 0 unspecified atom stereocenters. The number of hydrogen-bond donors (Lipinski definition) is 13. The molecule has 35 nitrogen and oxygen atoms in total. The monoisotopic (exact) mass is 1520 g/mol. The molecular formula is C69H95N13O22S2. The zero-order chi connectivity index (χ0) is 76.6. The molecule has 1 saturated carbocycles. The smallest absolute Gasteiger partial charge is 0.446 e. The van der Waals surface area contributed by atoms with Gasteiger partial charge in [-0.3, -0.25) is 43.0 Å². The summed E-state index contributed by atoms with van der Waals surface area (Å²) in [5.41, 5.74) is 1.22. The third kappa shape index (κ3) is 20.4. The van der Waals surface area contributed by atoms with E-state index in [1.54, 1.807) is 20.8 Å². The van der Waals surface area contributed by atoms with Crippen molar-refractivity contribution in [3.8, 4) is 33.2 Å². The van der Waals surface area contributed by atoms with Gasteiger partial charge in [0, 0.05) is 101 Å².